The highest BCUT2D eigenvalue weighted by molar-refractivity contribution is 7.99. The van der Waals surface area contributed by atoms with E-state index in [-0.39, 0.29) is 11.7 Å². The van der Waals surface area contributed by atoms with Gasteiger partial charge in [0.05, 0.1) is 5.75 Å². The Hall–Kier alpha value is -2.80. The van der Waals surface area contributed by atoms with Crippen molar-refractivity contribution < 1.29 is 4.79 Å². The fourth-order valence-electron chi connectivity index (χ4n) is 3.01. The standard InChI is InChI=1S/C22H27N5OS/c1-6-27-21(17-10-12-18(13-11-17)26(4)5)24-25-22(27)29-14-20(28)23-19-9-7-8-15(2)16(19)3/h7-13H,6,14H2,1-5H3,(H,23,28). The second kappa shape index (κ2) is 9.13. The summed E-state index contributed by atoms with van der Waals surface area (Å²) in [6.45, 7) is 6.84. The van der Waals surface area contributed by atoms with Gasteiger partial charge in [-0.3, -0.25) is 4.79 Å². The molecule has 0 atom stereocenters. The summed E-state index contributed by atoms with van der Waals surface area (Å²) < 4.78 is 2.04. The first kappa shape index (κ1) is 20.9. The van der Waals surface area contributed by atoms with Gasteiger partial charge in [0.25, 0.3) is 0 Å². The molecule has 0 bridgehead atoms. The van der Waals surface area contributed by atoms with E-state index >= 15 is 0 Å². The van der Waals surface area contributed by atoms with Crippen LogP contribution in [0.2, 0.25) is 0 Å². The third-order valence-corrected chi connectivity index (χ3v) is 5.85. The van der Waals surface area contributed by atoms with Crippen LogP contribution in [0.15, 0.2) is 47.6 Å². The number of carbonyl (C=O) groups excluding carboxylic acids is 1. The Morgan fingerprint density at radius 3 is 2.48 bits per heavy atom. The van der Waals surface area contributed by atoms with Gasteiger partial charge in [0.15, 0.2) is 11.0 Å². The third kappa shape index (κ3) is 4.79. The number of benzene rings is 2. The zero-order valence-corrected chi connectivity index (χ0v) is 18.4. The van der Waals surface area contributed by atoms with Crippen molar-refractivity contribution >= 4 is 29.0 Å². The van der Waals surface area contributed by atoms with Gasteiger partial charge in [0.2, 0.25) is 5.91 Å². The number of amides is 1. The molecular weight excluding hydrogens is 382 g/mol. The predicted molar refractivity (Wildman–Crippen MR) is 121 cm³/mol. The van der Waals surface area contributed by atoms with Crippen LogP contribution in [0.3, 0.4) is 0 Å². The second-order valence-corrected chi connectivity index (χ2v) is 8.02. The first-order valence-electron chi connectivity index (χ1n) is 9.60. The molecule has 1 amide bonds. The number of nitrogens with zero attached hydrogens (tertiary/aromatic N) is 4. The predicted octanol–water partition coefficient (Wildman–Crippen LogP) is 4.38. The van der Waals surface area contributed by atoms with Gasteiger partial charge in [-0.15, -0.1) is 10.2 Å². The van der Waals surface area contributed by atoms with E-state index in [4.69, 9.17) is 0 Å². The second-order valence-electron chi connectivity index (χ2n) is 7.08. The van der Waals surface area contributed by atoms with Gasteiger partial charge < -0.3 is 14.8 Å². The van der Waals surface area contributed by atoms with Gasteiger partial charge in [0, 0.05) is 37.6 Å². The molecule has 1 aromatic heterocycles. The largest absolute Gasteiger partial charge is 0.378 e. The lowest BCUT2D eigenvalue weighted by molar-refractivity contribution is -0.113. The molecule has 6 nitrogen and oxygen atoms in total. The number of aryl methyl sites for hydroxylation is 1. The zero-order valence-electron chi connectivity index (χ0n) is 17.6. The minimum absolute atomic E-state index is 0.0498. The Balaban J connectivity index is 1.70. The molecule has 29 heavy (non-hydrogen) atoms. The van der Waals surface area contributed by atoms with Crippen molar-refractivity contribution in [1.29, 1.82) is 0 Å². The number of hydrogen-bond acceptors (Lipinski definition) is 5. The molecule has 7 heteroatoms. The molecule has 0 saturated heterocycles. The first-order chi connectivity index (χ1) is 13.9. The summed E-state index contributed by atoms with van der Waals surface area (Å²) in [4.78, 5) is 14.5. The maximum Gasteiger partial charge on any atom is 0.234 e. The summed E-state index contributed by atoms with van der Waals surface area (Å²) in [5.41, 5.74) is 5.25. The maximum atomic E-state index is 12.4. The minimum atomic E-state index is -0.0498. The van der Waals surface area contributed by atoms with Gasteiger partial charge >= 0.3 is 0 Å². The lowest BCUT2D eigenvalue weighted by Gasteiger charge is -2.13. The molecule has 0 radical (unpaired) electrons. The summed E-state index contributed by atoms with van der Waals surface area (Å²) in [7, 11) is 4.03. The lowest BCUT2D eigenvalue weighted by Crippen LogP contribution is -2.15. The molecule has 0 saturated carbocycles. The number of aromatic nitrogens is 3. The van der Waals surface area contributed by atoms with Crippen molar-refractivity contribution in [3.05, 3.63) is 53.6 Å². The van der Waals surface area contributed by atoms with Crippen LogP contribution in [-0.2, 0) is 11.3 Å². The summed E-state index contributed by atoms with van der Waals surface area (Å²) in [6, 6.07) is 14.1. The Bertz CT molecular complexity index is 995. The Kier molecular flexibility index (Phi) is 6.59. The summed E-state index contributed by atoms with van der Waals surface area (Å²) in [6.07, 6.45) is 0. The zero-order chi connectivity index (χ0) is 21.0. The van der Waals surface area contributed by atoms with E-state index in [1.54, 1.807) is 0 Å². The number of anilines is 2. The van der Waals surface area contributed by atoms with Gasteiger partial charge in [0.1, 0.15) is 0 Å². The maximum absolute atomic E-state index is 12.4. The lowest BCUT2D eigenvalue weighted by atomic mass is 10.1. The van der Waals surface area contributed by atoms with Crippen LogP contribution in [-0.4, -0.2) is 40.5 Å². The molecule has 0 aliphatic carbocycles. The van der Waals surface area contributed by atoms with Gasteiger partial charge in [-0.05, 0) is 62.2 Å². The van der Waals surface area contributed by atoms with E-state index in [1.165, 1.54) is 11.8 Å². The highest BCUT2D eigenvalue weighted by Gasteiger charge is 2.15. The van der Waals surface area contributed by atoms with Gasteiger partial charge in [-0.1, -0.05) is 23.9 Å². The van der Waals surface area contributed by atoms with Crippen LogP contribution in [0.25, 0.3) is 11.4 Å². The van der Waals surface area contributed by atoms with E-state index in [0.29, 0.717) is 0 Å². The van der Waals surface area contributed by atoms with Crippen molar-refractivity contribution in [2.45, 2.75) is 32.5 Å². The number of thioether (sulfide) groups is 1. The smallest absolute Gasteiger partial charge is 0.234 e. The molecule has 152 valence electrons. The third-order valence-electron chi connectivity index (χ3n) is 4.89. The fraction of sp³-hybridized carbons (Fsp3) is 0.318. The quantitative estimate of drug-likeness (QED) is 0.587. The fourth-order valence-corrected chi connectivity index (χ4v) is 3.81. The normalized spacial score (nSPS) is 10.8. The molecular formula is C22H27N5OS. The topological polar surface area (TPSA) is 63.1 Å². The molecule has 0 fully saturated rings. The molecule has 0 aliphatic heterocycles. The van der Waals surface area contributed by atoms with Crippen molar-refractivity contribution in [1.82, 2.24) is 14.8 Å². The average molecular weight is 410 g/mol. The van der Waals surface area contributed by atoms with E-state index in [1.807, 2.05) is 62.8 Å². The van der Waals surface area contributed by atoms with Gasteiger partial charge in [-0.2, -0.15) is 0 Å². The molecule has 3 aromatic rings. The number of rotatable bonds is 7. The highest BCUT2D eigenvalue weighted by atomic mass is 32.2. The molecule has 2 aromatic carbocycles. The van der Waals surface area contributed by atoms with Gasteiger partial charge in [-0.25, -0.2) is 0 Å². The van der Waals surface area contributed by atoms with Crippen molar-refractivity contribution in [2.24, 2.45) is 0 Å². The SMILES string of the molecule is CCn1c(SCC(=O)Nc2cccc(C)c2C)nnc1-c1ccc(N(C)C)cc1. The number of carbonyl (C=O) groups is 1. The summed E-state index contributed by atoms with van der Waals surface area (Å²) >= 11 is 1.40. The molecule has 0 unspecified atom stereocenters. The molecule has 1 N–H and O–H groups in total. The van der Waals surface area contributed by atoms with E-state index < -0.39 is 0 Å². The van der Waals surface area contributed by atoms with Crippen molar-refractivity contribution in [3.8, 4) is 11.4 Å². The van der Waals surface area contributed by atoms with E-state index in [2.05, 4.69) is 39.5 Å². The number of nitrogens with one attached hydrogen (secondary N) is 1. The first-order valence-corrected chi connectivity index (χ1v) is 10.6. The molecule has 0 aliphatic rings. The monoisotopic (exact) mass is 409 g/mol. The van der Waals surface area contributed by atoms with E-state index in [0.717, 1.165) is 45.6 Å². The van der Waals surface area contributed by atoms with Crippen LogP contribution in [0, 0.1) is 13.8 Å². The summed E-state index contributed by atoms with van der Waals surface area (Å²) in [5, 5.41) is 12.4. The molecule has 0 spiro atoms. The van der Waals surface area contributed by atoms with Crippen molar-refractivity contribution in [3.63, 3.8) is 0 Å². The van der Waals surface area contributed by atoms with Crippen LogP contribution in [0.5, 0.6) is 0 Å². The van der Waals surface area contributed by atoms with Crippen LogP contribution in [0.4, 0.5) is 11.4 Å². The Labute approximate surface area is 176 Å². The summed E-state index contributed by atoms with van der Waals surface area (Å²) in [5.74, 6) is 1.05. The van der Waals surface area contributed by atoms with Crippen molar-refractivity contribution in [2.75, 3.05) is 30.1 Å². The van der Waals surface area contributed by atoms with Crippen LogP contribution < -0.4 is 10.2 Å². The van der Waals surface area contributed by atoms with Crippen LogP contribution in [0.1, 0.15) is 18.1 Å². The minimum Gasteiger partial charge on any atom is -0.378 e. The molecule has 3 rings (SSSR count). The number of hydrogen-bond donors (Lipinski definition) is 1. The average Bonchev–Trinajstić information content (AvgIpc) is 3.13. The molecule has 1 heterocycles. The highest BCUT2D eigenvalue weighted by Crippen LogP contribution is 2.26. The van der Waals surface area contributed by atoms with E-state index in [9.17, 15) is 4.79 Å². The Morgan fingerprint density at radius 1 is 1.10 bits per heavy atom. The Morgan fingerprint density at radius 2 is 1.83 bits per heavy atom. The van der Waals surface area contributed by atoms with Crippen LogP contribution >= 0.6 is 11.8 Å².